The fourth-order valence-corrected chi connectivity index (χ4v) is 6.42. The van der Waals surface area contributed by atoms with E-state index >= 15 is 0 Å². The van der Waals surface area contributed by atoms with Crippen LogP contribution in [-0.2, 0) is 20.1 Å². The van der Waals surface area contributed by atoms with E-state index in [9.17, 15) is 0 Å². The molecule has 1 aliphatic heterocycles. The molecule has 0 saturated heterocycles. The summed E-state index contributed by atoms with van der Waals surface area (Å²) in [6, 6.07) is 49.1. The molecule has 0 radical (unpaired) electrons. The van der Waals surface area contributed by atoms with Crippen LogP contribution in [0.4, 0.5) is 17.1 Å². The van der Waals surface area contributed by atoms with E-state index in [1.165, 1.54) is 56.8 Å². The van der Waals surface area contributed by atoms with Crippen molar-refractivity contribution in [3.05, 3.63) is 146 Å². The molecule has 0 spiro atoms. The molecule has 0 fully saturated rings. The molecule has 3 aromatic heterocycles. The minimum atomic E-state index is 0. The van der Waals surface area contributed by atoms with E-state index in [0.29, 0.717) is 0 Å². The van der Waals surface area contributed by atoms with Crippen molar-refractivity contribution in [3.63, 3.8) is 0 Å². The zero-order valence-electron chi connectivity index (χ0n) is 24.9. The van der Waals surface area contributed by atoms with Crippen LogP contribution in [0.1, 0.15) is 19.8 Å². The number of hydrogen-bond acceptors (Lipinski definition) is 3. The number of aromatic nitrogens is 2. The average molecular weight is 760 g/mol. The van der Waals surface area contributed by atoms with Crippen LogP contribution < -0.4 is 9.80 Å². The molecule has 45 heavy (non-hydrogen) atoms. The molecule has 0 atom stereocenters. The van der Waals surface area contributed by atoms with Crippen LogP contribution in [0.5, 0.6) is 0 Å². The summed E-state index contributed by atoms with van der Waals surface area (Å²) in [6.07, 6.45) is 4.15. The van der Waals surface area contributed by atoms with Crippen molar-refractivity contribution in [2.45, 2.75) is 19.8 Å². The van der Waals surface area contributed by atoms with E-state index in [2.05, 4.69) is 124 Å². The zero-order chi connectivity index (χ0) is 29.5. The van der Waals surface area contributed by atoms with Crippen LogP contribution in [0.2, 0.25) is 0 Å². The summed E-state index contributed by atoms with van der Waals surface area (Å²) < 4.78 is 2.40. The van der Waals surface area contributed by atoms with E-state index in [4.69, 9.17) is 0 Å². The third-order valence-electron chi connectivity index (χ3n) is 8.49. The Labute approximate surface area is 277 Å². The number of para-hydroxylation sites is 4. The first kappa shape index (κ1) is 29.0. The van der Waals surface area contributed by atoms with Gasteiger partial charge in [-0.1, -0.05) is 79.5 Å². The number of rotatable bonds is 5. The predicted molar refractivity (Wildman–Crippen MR) is 184 cm³/mol. The van der Waals surface area contributed by atoms with Gasteiger partial charge in [0.1, 0.15) is 0 Å². The number of fused-ring (bicyclic) bond motifs is 7. The first-order chi connectivity index (χ1) is 21.8. The maximum Gasteiger partial charge on any atom is 3.00 e. The summed E-state index contributed by atoms with van der Waals surface area (Å²) in [7, 11) is 0. The molecule has 9 rings (SSSR count). The topological polar surface area (TPSA) is 23.8 Å². The largest absolute Gasteiger partial charge is 3.00 e. The zero-order valence-corrected chi connectivity index (χ0v) is 27.3. The Bertz CT molecular complexity index is 2170. The number of hydrogen-bond donors (Lipinski definition) is 0. The van der Waals surface area contributed by atoms with Gasteiger partial charge in [-0.2, -0.15) is 12.7 Å². The van der Waals surface area contributed by atoms with Gasteiger partial charge in [-0.3, -0.25) is 0 Å². The molecule has 4 nitrogen and oxygen atoms in total. The summed E-state index contributed by atoms with van der Waals surface area (Å²) in [5, 5.41) is 5.17. The fraction of sp³-hybridized carbons (Fsp3) is 0.100. The van der Waals surface area contributed by atoms with Crippen molar-refractivity contribution in [1.29, 1.82) is 0 Å². The van der Waals surface area contributed by atoms with E-state index < -0.39 is 0 Å². The molecule has 220 valence electrons. The Hall–Kier alpha value is -4.70. The molecule has 0 aliphatic carbocycles. The fourth-order valence-electron chi connectivity index (χ4n) is 6.42. The summed E-state index contributed by atoms with van der Waals surface area (Å²) in [4.78, 5) is 8.88. The third-order valence-corrected chi connectivity index (χ3v) is 8.49. The molecule has 0 amide bonds. The van der Waals surface area contributed by atoms with Gasteiger partial charge in [-0.05, 0) is 48.3 Å². The van der Waals surface area contributed by atoms with Crippen molar-refractivity contribution >= 4 is 55.2 Å². The smallest absolute Gasteiger partial charge is 0.501 e. The van der Waals surface area contributed by atoms with E-state index in [1.807, 2.05) is 42.5 Å². The van der Waals surface area contributed by atoms with E-state index in [-0.39, 0.29) is 20.1 Å². The van der Waals surface area contributed by atoms with Gasteiger partial charge < -0.3 is 19.2 Å². The van der Waals surface area contributed by atoms with Crippen LogP contribution in [0.15, 0.2) is 128 Å². The molecular weight excluding hydrogens is 729 g/mol. The van der Waals surface area contributed by atoms with Crippen LogP contribution in [0.3, 0.4) is 0 Å². The number of anilines is 3. The third kappa shape index (κ3) is 5.03. The SMILES string of the molecule is CCCCN1[CH-]N(c2[c-]c3c(cc2)c2cccc4c5ccccc5n3c24)c2ccccc21.[Ir+3].[c-]1ccccc1-c1ccccn1. The Kier molecular flexibility index (Phi) is 7.97. The summed E-state index contributed by atoms with van der Waals surface area (Å²) in [6.45, 7) is 5.51. The Morgan fingerprint density at radius 3 is 2.27 bits per heavy atom. The maximum absolute atomic E-state index is 4.22. The normalized spacial score (nSPS) is 12.5. The molecule has 8 aromatic rings. The Morgan fingerprint density at radius 2 is 1.47 bits per heavy atom. The molecule has 5 heteroatoms. The van der Waals surface area contributed by atoms with Gasteiger partial charge in [0.25, 0.3) is 0 Å². The minimum Gasteiger partial charge on any atom is -0.501 e. The Balaban J connectivity index is 0.000000211. The molecular formula is C40H31IrN4. The summed E-state index contributed by atoms with van der Waals surface area (Å²) in [5.41, 5.74) is 9.27. The van der Waals surface area contributed by atoms with Crippen molar-refractivity contribution in [2.24, 2.45) is 0 Å². The monoisotopic (exact) mass is 760 g/mol. The van der Waals surface area contributed by atoms with Gasteiger partial charge in [-0.15, -0.1) is 59.1 Å². The predicted octanol–water partition coefficient (Wildman–Crippen LogP) is 10.1. The van der Waals surface area contributed by atoms with E-state index in [1.54, 1.807) is 6.20 Å². The van der Waals surface area contributed by atoms with Crippen LogP contribution in [0.25, 0.3) is 49.4 Å². The van der Waals surface area contributed by atoms with Gasteiger partial charge in [0.2, 0.25) is 0 Å². The molecule has 0 N–H and O–H groups in total. The first-order valence-electron chi connectivity index (χ1n) is 15.3. The number of nitrogens with zero attached hydrogens (tertiary/aromatic N) is 4. The second kappa shape index (κ2) is 12.4. The number of unbranched alkanes of at least 4 members (excludes halogenated alkanes) is 1. The van der Waals surface area contributed by atoms with Gasteiger partial charge in [0, 0.05) is 33.9 Å². The molecule has 0 unspecified atom stereocenters. The summed E-state index contributed by atoms with van der Waals surface area (Å²) >= 11 is 0. The molecule has 4 heterocycles. The second-order valence-corrected chi connectivity index (χ2v) is 11.2. The first-order valence-corrected chi connectivity index (χ1v) is 15.3. The van der Waals surface area contributed by atoms with Gasteiger partial charge in [0.15, 0.2) is 0 Å². The second-order valence-electron chi connectivity index (χ2n) is 11.2. The van der Waals surface area contributed by atoms with Crippen LogP contribution in [-0.4, -0.2) is 15.9 Å². The van der Waals surface area contributed by atoms with Gasteiger partial charge in [-0.25, -0.2) is 0 Å². The van der Waals surface area contributed by atoms with E-state index in [0.717, 1.165) is 29.0 Å². The van der Waals surface area contributed by atoms with Crippen LogP contribution >= 0.6 is 0 Å². The molecule has 5 aromatic carbocycles. The standard InChI is InChI=1S/C29H23N3.C11H8N.Ir/c1-2-3-17-30-19-31(27-14-7-6-13-26(27)30)20-15-16-22-24-11-8-10-23-21-9-4-5-12-25(21)32(29(23)24)28(22)18-20;1-2-6-10(7-3-1)11-8-4-5-9-12-11;/h4-16,19H,2-3,17H2,1H3;1-6,8-9H;/q-2;-1;+3. The molecule has 0 saturated carbocycles. The van der Waals surface area contributed by atoms with Crippen molar-refractivity contribution in [1.82, 2.24) is 9.38 Å². The van der Waals surface area contributed by atoms with Gasteiger partial charge >= 0.3 is 20.1 Å². The molecule has 1 aliphatic rings. The van der Waals surface area contributed by atoms with Crippen LogP contribution in [0, 0.1) is 18.8 Å². The Morgan fingerprint density at radius 1 is 0.711 bits per heavy atom. The number of pyridine rings is 1. The average Bonchev–Trinajstić information content (AvgIpc) is 3.75. The minimum absolute atomic E-state index is 0. The maximum atomic E-state index is 4.22. The number of benzene rings is 5. The van der Waals surface area contributed by atoms with Gasteiger partial charge in [0.05, 0.1) is 5.52 Å². The summed E-state index contributed by atoms with van der Waals surface area (Å²) in [5.74, 6) is 0. The quantitative estimate of drug-likeness (QED) is 0.163. The van der Waals surface area contributed by atoms with Crippen molar-refractivity contribution in [3.8, 4) is 11.3 Å². The van der Waals surface area contributed by atoms with Crippen molar-refractivity contribution < 1.29 is 20.1 Å². The molecule has 0 bridgehead atoms. The van der Waals surface area contributed by atoms with Crippen molar-refractivity contribution in [2.75, 3.05) is 16.3 Å².